The summed E-state index contributed by atoms with van der Waals surface area (Å²) < 4.78 is 28.7. The highest BCUT2D eigenvalue weighted by Crippen LogP contribution is 2.28. The maximum absolute atomic E-state index is 12.7. The Bertz CT molecular complexity index is 891. The van der Waals surface area contributed by atoms with Gasteiger partial charge in [-0.2, -0.15) is 4.31 Å². The molecule has 0 unspecified atom stereocenters. The SMILES string of the molecule is Cc1cccc(C2=CCN(S(=O)(=O)c3cn(C)c(C)n3)CC2)c1C. The fraction of sp³-hybridized carbons (Fsp3) is 0.389. The van der Waals surface area contributed by atoms with Gasteiger partial charge in [0, 0.05) is 26.3 Å². The van der Waals surface area contributed by atoms with Gasteiger partial charge in [0.15, 0.2) is 5.03 Å². The average Bonchev–Trinajstić information content (AvgIpc) is 2.90. The Labute approximate surface area is 143 Å². The number of hydrogen-bond donors (Lipinski definition) is 0. The summed E-state index contributed by atoms with van der Waals surface area (Å²) in [7, 11) is -1.73. The Hall–Kier alpha value is -1.92. The van der Waals surface area contributed by atoms with E-state index in [-0.39, 0.29) is 5.03 Å². The lowest BCUT2D eigenvalue weighted by Gasteiger charge is -2.26. The highest BCUT2D eigenvalue weighted by atomic mass is 32.2. The summed E-state index contributed by atoms with van der Waals surface area (Å²) in [6.07, 6.45) is 4.32. The quantitative estimate of drug-likeness (QED) is 0.859. The number of imidazole rings is 1. The zero-order chi connectivity index (χ0) is 17.5. The second-order valence-corrected chi connectivity index (χ2v) is 8.21. The van der Waals surface area contributed by atoms with Crippen molar-refractivity contribution in [2.75, 3.05) is 13.1 Å². The average molecular weight is 345 g/mol. The molecule has 2 heterocycles. The van der Waals surface area contributed by atoms with E-state index in [1.165, 1.54) is 26.6 Å². The second-order valence-electron chi connectivity index (χ2n) is 6.33. The Morgan fingerprint density at radius 1 is 1.17 bits per heavy atom. The monoisotopic (exact) mass is 345 g/mol. The maximum atomic E-state index is 12.7. The van der Waals surface area contributed by atoms with Gasteiger partial charge >= 0.3 is 0 Å². The first kappa shape index (κ1) is 16.9. The van der Waals surface area contributed by atoms with Crippen LogP contribution in [0.5, 0.6) is 0 Å². The molecule has 0 aliphatic carbocycles. The maximum Gasteiger partial charge on any atom is 0.262 e. The van der Waals surface area contributed by atoms with Crippen molar-refractivity contribution in [2.24, 2.45) is 7.05 Å². The predicted octanol–water partition coefficient (Wildman–Crippen LogP) is 2.82. The van der Waals surface area contributed by atoms with Crippen molar-refractivity contribution in [1.29, 1.82) is 0 Å². The van der Waals surface area contributed by atoms with Crippen molar-refractivity contribution in [3.8, 4) is 0 Å². The molecule has 2 aromatic rings. The summed E-state index contributed by atoms with van der Waals surface area (Å²) in [6.45, 7) is 6.89. The fourth-order valence-electron chi connectivity index (χ4n) is 3.00. The lowest BCUT2D eigenvalue weighted by molar-refractivity contribution is 0.439. The molecule has 128 valence electrons. The number of aryl methyl sites for hydroxylation is 3. The van der Waals surface area contributed by atoms with Crippen LogP contribution in [0.3, 0.4) is 0 Å². The minimum absolute atomic E-state index is 0.131. The molecule has 1 aromatic heterocycles. The fourth-order valence-corrected chi connectivity index (χ4v) is 4.40. The van der Waals surface area contributed by atoms with Crippen LogP contribution in [0.1, 0.15) is 28.9 Å². The molecule has 0 N–H and O–H groups in total. The lowest BCUT2D eigenvalue weighted by atomic mass is 9.94. The van der Waals surface area contributed by atoms with Crippen molar-refractivity contribution in [3.63, 3.8) is 0 Å². The van der Waals surface area contributed by atoms with Gasteiger partial charge in [-0.25, -0.2) is 13.4 Å². The van der Waals surface area contributed by atoms with Crippen LogP contribution in [0.15, 0.2) is 35.5 Å². The Morgan fingerprint density at radius 2 is 1.92 bits per heavy atom. The van der Waals surface area contributed by atoms with Gasteiger partial charge < -0.3 is 4.57 Å². The zero-order valence-electron chi connectivity index (χ0n) is 14.6. The molecule has 1 aliphatic heterocycles. The third-order valence-corrected chi connectivity index (χ3v) is 6.55. The van der Waals surface area contributed by atoms with Crippen LogP contribution in [0.4, 0.5) is 0 Å². The summed E-state index contributed by atoms with van der Waals surface area (Å²) in [5.41, 5.74) is 4.97. The first-order valence-electron chi connectivity index (χ1n) is 8.06. The molecule has 3 rings (SSSR count). The summed E-state index contributed by atoms with van der Waals surface area (Å²) in [5.74, 6) is 0.692. The third-order valence-electron chi connectivity index (χ3n) is 4.81. The van der Waals surface area contributed by atoms with Gasteiger partial charge in [0.1, 0.15) is 5.82 Å². The minimum atomic E-state index is -3.53. The van der Waals surface area contributed by atoms with E-state index >= 15 is 0 Å². The normalized spacial score (nSPS) is 16.2. The van der Waals surface area contributed by atoms with Crippen molar-refractivity contribution in [2.45, 2.75) is 32.2 Å². The number of aromatic nitrogens is 2. The Morgan fingerprint density at radius 3 is 2.50 bits per heavy atom. The molecular weight excluding hydrogens is 322 g/mol. The first-order chi connectivity index (χ1) is 11.3. The van der Waals surface area contributed by atoms with Gasteiger partial charge in [-0.1, -0.05) is 24.3 Å². The molecule has 0 saturated heterocycles. The highest BCUT2D eigenvalue weighted by molar-refractivity contribution is 7.89. The smallest absolute Gasteiger partial charge is 0.262 e. The molecule has 24 heavy (non-hydrogen) atoms. The second kappa shape index (κ2) is 6.18. The van der Waals surface area contributed by atoms with Gasteiger partial charge in [0.05, 0.1) is 0 Å². The van der Waals surface area contributed by atoms with Crippen LogP contribution in [0.25, 0.3) is 5.57 Å². The van der Waals surface area contributed by atoms with E-state index in [2.05, 4.69) is 37.0 Å². The summed E-state index contributed by atoms with van der Waals surface area (Å²) in [6, 6.07) is 6.26. The zero-order valence-corrected chi connectivity index (χ0v) is 15.4. The summed E-state index contributed by atoms with van der Waals surface area (Å²) >= 11 is 0. The predicted molar refractivity (Wildman–Crippen MR) is 95.2 cm³/mol. The Kier molecular flexibility index (Phi) is 4.36. The summed E-state index contributed by atoms with van der Waals surface area (Å²) in [4.78, 5) is 4.17. The molecular formula is C18H23N3O2S. The molecule has 0 saturated carbocycles. The molecule has 1 aliphatic rings. The molecule has 0 bridgehead atoms. The Balaban J connectivity index is 1.86. The van der Waals surface area contributed by atoms with E-state index in [1.807, 2.05) is 6.08 Å². The van der Waals surface area contributed by atoms with Gasteiger partial charge in [0.25, 0.3) is 10.0 Å². The van der Waals surface area contributed by atoms with E-state index in [1.54, 1.807) is 24.7 Å². The number of nitrogens with zero attached hydrogens (tertiary/aromatic N) is 3. The highest BCUT2D eigenvalue weighted by Gasteiger charge is 2.29. The van der Waals surface area contributed by atoms with Crippen LogP contribution < -0.4 is 0 Å². The van der Waals surface area contributed by atoms with E-state index < -0.39 is 10.0 Å². The van der Waals surface area contributed by atoms with E-state index in [0.717, 1.165) is 6.42 Å². The lowest BCUT2D eigenvalue weighted by Crippen LogP contribution is -2.35. The van der Waals surface area contributed by atoms with Gasteiger partial charge in [0.2, 0.25) is 0 Å². The van der Waals surface area contributed by atoms with Crippen LogP contribution >= 0.6 is 0 Å². The summed E-state index contributed by atoms with van der Waals surface area (Å²) in [5, 5.41) is 0.131. The molecule has 6 heteroatoms. The topological polar surface area (TPSA) is 55.2 Å². The first-order valence-corrected chi connectivity index (χ1v) is 9.50. The van der Waals surface area contributed by atoms with E-state index in [0.29, 0.717) is 18.9 Å². The van der Waals surface area contributed by atoms with Crippen molar-refractivity contribution in [1.82, 2.24) is 13.9 Å². The van der Waals surface area contributed by atoms with Gasteiger partial charge in [-0.15, -0.1) is 0 Å². The van der Waals surface area contributed by atoms with Crippen LogP contribution in [-0.2, 0) is 17.1 Å². The molecule has 0 spiro atoms. The van der Waals surface area contributed by atoms with Crippen LogP contribution in [-0.4, -0.2) is 35.4 Å². The molecule has 0 amide bonds. The third kappa shape index (κ3) is 2.91. The van der Waals surface area contributed by atoms with Crippen molar-refractivity contribution >= 4 is 15.6 Å². The molecule has 0 radical (unpaired) electrons. The van der Waals surface area contributed by atoms with Crippen molar-refractivity contribution < 1.29 is 8.42 Å². The molecule has 1 aromatic carbocycles. The number of hydrogen-bond acceptors (Lipinski definition) is 3. The largest absolute Gasteiger partial charge is 0.337 e. The van der Waals surface area contributed by atoms with Gasteiger partial charge in [-0.05, 0) is 49.5 Å². The molecule has 5 nitrogen and oxygen atoms in total. The van der Waals surface area contributed by atoms with Gasteiger partial charge in [-0.3, -0.25) is 0 Å². The van der Waals surface area contributed by atoms with E-state index in [9.17, 15) is 8.42 Å². The minimum Gasteiger partial charge on any atom is -0.337 e. The van der Waals surface area contributed by atoms with Crippen LogP contribution in [0, 0.1) is 20.8 Å². The standard InChI is InChI=1S/C18H23N3O2S/c1-13-6-5-7-17(14(13)2)16-8-10-21(11-9-16)24(22,23)18-12-20(4)15(3)19-18/h5-8,12H,9-11H2,1-4H3. The number of sulfonamides is 1. The van der Waals surface area contributed by atoms with Crippen LogP contribution in [0.2, 0.25) is 0 Å². The van der Waals surface area contributed by atoms with E-state index in [4.69, 9.17) is 0 Å². The van der Waals surface area contributed by atoms with Crippen molar-refractivity contribution in [3.05, 3.63) is 53.0 Å². The molecule has 0 atom stereocenters. The number of rotatable bonds is 3. The number of benzene rings is 1. The molecule has 0 fully saturated rings.